The fourth-order valence-electron chi connectivity index (χ4n) is 2.37. The molecule has 0 aromatic heterocycles. The molecule has 0 aliphatic rings. The number of nitrogens with one attached hydrogen (secondary N) is 2. The third kappa shape index (κ3) is 5.06. The van der Waals surface area contributed by atoms with Crippen molar-refractivity contribution < 1.29 is 14.3 Å². The molecule has 3 rings (SSSR count). The second-order valence-corrected chi connectivity index (χ2v) is 5.67. The number of hydrogen-bond donors (Lipinski definition) is 2. The lowest BCUT2D eigenvalue weighted by Gasteiger charge is -2.09. The number of para-hydroxylation sites is 1. The number of carbonyl (C=O) groups excluding carboxylic acids is 2. The molecule has 3 aromatic rings. The monoisotopic (exact) mass is 358 g/mol. The van der Waals surface area contributed by atoms with Crippen LogP contribution in [-0.2, 0) is 4.79 Å². The number of anilines is 2. The van der Waals surface area contributed by atoms with Gasteiger partial charge in [0.1, 0.15) is 11.5 Å². The number of ether oxygens (including phenoxy) is 1. The number of hydrogen-bond acceptors (Lipinski definition) is 3. The zero-order valence-electron chi connectivity index (χ0n) is 14.5. The van der Waals surface area contributed by atoms with Crippen LogP contribution in [0.1, 0.15) is 10.4 Å². The fourth-order valence-corrected chi connectivity index (χ4v) is 2.37. The molecule has 27 heavy (non-hydrogen) atoms. The molecule has 0 heterocycles. The van der Waals surface area contributed by atoms with Gasteiger partial charge in [0.25, 0.3) is 5.91 Å². The van der Waals surface area contributed by atoms with Crippen molar-refractivity contribution in [2.75, 3.05) is 10.6 Å². The first-order valence-electron chi connectivity index (χ1n) is 8.32. The molecular weight excluding hydrogens is 340 g/mol. The minimum atomic E-state index is -0.332. The number of rotatable bonds is 6. The lowest BCUT2D eigenvalue weighted by Crippen LogP contribution is -2.13. The number of amides is 2. The quantitative estimate of drug-likeness (QED) is 0.619. The lowest BCUT2D eigenvalue weighted by atomic mass is 10.1. The molecule has 134 valence electrons. The van der Waals surface area contributed by atoms with Crippen molar-refractivity contribution in [3.8, 4) is 11.5 Å². The van der Waals surface area contributed by atoms with Gasteiger partial charge in [-0.05, 0) is 60.7 Å². The normalized spacial score (nSPS) is 9.93. The molecular formula is C22H18N2O3. The molecule has 0 aliphatic heterocycles. The average molecular weight is 358 g/mol. The van der Waals surface area contributed by atoms with E-state index in [2.05, 4.69) is 17.2 Å². The zero-order chi connectivity index (χ0) is 19.1. The van der Waals surface area contributed by atoms with Crippen LogP contribution >= 0.6 is 0 Å². The topological polar surface area (TPSA) is 67.4 Å². The summed E-state index contributed by atoms with van der Waals surface area (Å²) in [6.45, 7) is 3.40. The Kier molecular flexibility index (Phi) is 5.64. The Hall–Kier alpha value is -3.86. The van der Waals surface area contributed by atoms with Crippen LogP contribution in [0.4, 0.5) is 11.4 Å². The van der Waals surface area contributed by atoms with Gasteiger partial charge in [0, 0.05) is 16.9 Å². The number of benzene rings is 3. The maximum absolute atomic E-state index is 12.4. The predicted molar refractivity (Wildman–Crippen MR) is 106 cm³/mol. The summed E-state index contributed by atoms with van der Waals surface area (Å²) in [5.74, 6) is 0.809. The van der Waals surface area contributed by atoms with Crippen LogP contribution < -0.4 is 15.4 Å². The van der Waals surface area contributed by atoms with Gasteiger partial charge in [-0.15, -0.1) is 0 Å². The van der Waals surface area contributed by atoms with Crippen LogP contribution in [0.3, 0.4) is 0 Å². The largest absolute Gasteiger partial charge is 0.457 e. The van der Waals surface area contributed by atoms with Crippen LogP contribution in [0.2, 0.25) is 0 Å². The summed E-state index contributed by atoms with van der Waals surface area (Å²) >= 11 is 0. The van der Waals surface area contributed by atoms with Crippen molar-refractivity contribution in [1.29, 1.82) is 0 Å². The predicted octanol–water partition coefficient (Wildman–Crippen LogP) is 4.86. The molecule has 0 spiro atoms. The third-order valence-electron chi connectivity index (χ3n) is 3.67. The second kappa shape index (κ2) is 8.49. The molecule has 0 aliphatic carbocycles. The molecule has 2 N–H and O–H groups in total. The van der Waals surface area contributed by atoms with E-state index in [9.17, 15) is 9.59 Å². The molecule has 0 radical (unpaired) electrons. The standard InChI is InChI=1S/C22H18N2O3/c1-2-21(25)23-18-8-6-7-16(15-18)22(26)24-17-11-13-20(14-12-17)27-19-9-4-3-5-10-19/h2-15H,1H2,(H,23,25)(H,24,26). The SMILES string of the molecule is C=CC(=O)Nc1cccc(C(=O)Nc2ccc(Oc3ccccc3)cc2)c1. The Morgan fingerprint density at radius 2 is 1.48 bits per heavy atom. The Labute approximate surface area is 157 Å². The Morgan fingerprint density at radius 1 is 0.778 bits per heavy atom. The van der Waals surface area contributed by atoms with Gasteiger partial charge in [0.05, 0.1) is 0 Å². The van der Waals surface area contributed by atoms with Gasteiger partial charge >= 0.3 is 0 Å². The highest BCUT2D eigenvalue weighted by atomic mass is 16.5. The molecule has 0 unspecified atom stereocenters. The van der Waals surface area contributed by atoms with E-state index in [1.807, 2.05) is 30.3 Å². The van der Waals surface area contributed by atoms with Gasteiger partial charge < -0.3 is 15.4 Å². The first-order chi connectivity index (χ1) is 13.1. The van der Waals surface area contributed by atoms with Gasteiger partial charge in [-0.2, -0.15) is 0 Å². The highest BCUT2D eigenvalue weighted by Crippen LogP contribution is 2.23. The van der Waals surface area contributed by atoms with E-state index < -0.39 is 0 Å². The highest BCUT2D eigenvalue weighted by Gasteiger charge is 2.08. The summed E-state index contributed by atoms with van der Waals surface area (Å²) < 4.78 is 5.73. The van der Waals surface area contributed by atoms with Gasteiger partial charge in [-0.25, -0.2) is 0 Å². The van der Waals surface area contributed by atoms with Crippen molar-refractivity contribution in [1.82, 2.24) is 0 Å². The minimum absolute atomic E-state index is 0.276. The molecule has 0 saturated heterocycles. The van der Waals surface area contributed by atoms with E-state index >= 15 is 0 Å². The molecule has 0 fully saturated rings. The Balaban J connectivity index is 1.65. The zero-order valence-corrected chi connectivity index (χ0v) is 14.5. The fraction of sp³-hybridized carbons (Fsp3) is 0. The summed E-state index contributed by atoms with van der Waals surface area (Å²) in [5, 5.41) is 5.44. The Bertz CT molecular complexity index is 951. The van der Waals surface area contributed by atoms with Crippen molar-refractivity contribution in [3.05, 3.63) is 97.1 Å². The van der Waals surface area contributed by atoms with Gasteiger partial charge in [-0.1, -0.05) is 30.8 Å². The smallest absolute Gasteiger partial charge is 0.255 e. The minimum Gasteiger partial charge on any atom is -0.457 e. The van der Waals surface area contributed by atoms with E-state index in [-0.39, 0.29) is 11.8 Å². The second-order valence-electron chi connectivity index (χ2n) is 5.67. The maximum atomic E-state index is 12.4. The van der Waals surface area contributed by atoms with E-state index in [0.29, 0.717) is 22.7 Å². The summed E-state index contributed by atoms with van der Waals surface area (Å²) in [5.41, 5.74) is 1.60. The first kappa shape index (κ1) is 17.9. The summed E-state index contributed by atoms with van der Waals surface area (Å²) in [4.78, 5) is 23.8. The highest BCUT2D eigenvalue weighted by molar-refractivity contribution is 6.06. The lowest BCUT2D eigenvalue weighted by molar-refractivity contribution is -0.111. The maximum Gasteiger partial charge on any atom is 0.255 e. The van der Waals surface area contributed by atoms with E-state index in [0.717, 1.165) is 5.75 Å². The molecule has 0 saturated carbocycles. The average Bonchev–Trinajstić information content (AvgIpc) is 2.70. The van der Waals surface area contributed by atoms with Crippen LogP contribution in [0.15, 0.2) is 91.5 Å². The van der Waals surface area contributed by atoms with E-state index in [4.69, 9.17) is 4.74 Å². The van der Waals surface area contributed by atoms with Crippen LogP contribution in [0.25, 0.3) is 0 Å². The summed E-state index contributed by atoms with van der Waals surface area (Å²) in [6.07, 6.45) is 1.17. The summed E-state index contributed by atoms with van der Waals surface area (Å²) in [7, 11) is 0. The van der Waals surface area contributed by atoms with Crippen LogP contribution in [0.5, 0.6) is 11.5 Å². The molecule has 5 nitrogen and oxygen atoms in total. The van der Waals surface area contributed by atoms with Gasteiger partial charge in [-0.3, -0.25) is 9.59 Å². The molecule has 0 bridgehead atoms. The summed E-state index contributed by atoms with van der Waals surface area (Å²) in [6, 6.07) is 23.2. The number of carbonyl (C=O) groups is 2. The van der Waals surface area contributed by atoms with Crippen LogP contribution in [-0.4, -0.2) is 11.8 Å². The van der Waals surface area contributed by atoms with Crippen LogP contribution in [0, 0.1) is 0 Å². The first-order valence-corrected chi connectivity index (χ1v) is 8.32. The third-order valence-corrected chi connectivity index (χ3v) is 3.67. The molecule has 0 atom stereocenters. The van der Waals surface area contributed by atoms with Crippen molar-refractivity contribution in [2.24, 2.45) is 0 Å². The van der Waals surface area contributed by atoms with Gasteiger partial charge in [0.2, 0.25) is 5.91 Å². The molecule has 5 heteroatoms. The van der Waals surface area contributed by atoms with Crippen molar-refractivity contribution >= 4 is 23.2 Å². The van der Waals surface area contributed by atoms with Gasteiger partial charge in [0.15, 0.2) is 0 Å². The molecule has 2 amide bonds. The van der Waals surface area contributed by atoms with E-state index in [1.54, 1.807) is 48.5 Å². The van der Waals surface area contributed by atoms with Crippen molar-refractivity contribution in [2.45, 2.75) is 0 Å². The van der Waals surface area contributed by atoms with Crippen molar-refractivity contribution in [3.63, 3.8) is 0 Å². The Morgan fingerprint density at radius 3 is 2.19 bits per heavy atom. The van der Waals surface area contributed by atoms with E-state index in [1.165, 1.54) is 6.08 Å². The molecule has 3 aromatic carbocycles.